The number of nitrogens with zero attached hydrogens (tertiary/aromatic N) is 1. The lowest BCUT2D eigenvalue weighted by Gasteiger charge is -2.26. The SMILES string of the molecule is CC1N=C(N)COC1c1ccccc1. The minimum absolute atomic E-state index is 0.0449. The second-order valence-corrected chi connectivity index (χ2v) is 3.50. The summed E-state index contributed by atoms with van der Waals surface area (Å²) in [7, 11) is 0. The second-order valence-electron chi connectivity index (χ2n) is 3.50. The molecule has 0 amide bonds. The average Bonchev–Trinajstić information content (AvgIpc) is 2.19. The molecule has 2 N–H and O–H groups in total. The van der Waals surface area contributed by atoms with Gasteiger partial charge >= 0.3 is 0 Å². The number of hydrogen-bond acceptors (Lipinski definition) is 3. The highest BCUT2D eigenvalue weighted by Crippen LogP contribution is 2.25. The molecule has 0 spiro atoms. The van der Waals surface area contributed by atoms with Crippen LogP contribution in [0, 0.1) is 0 Å². The Labute approximate surface area is 83.6 Å². The summed E-state index contributed by atoms with van der Waals surface area (Å²) in [5.41, 5.74) is 6.75. The Morgan fingerprint density at radius 1 is 1.36 bits per heavy atom. The van der Waals surface area contributed by atoms with Crippen LogP contribution in [0.4, 0.5) is 0 Å². The summed E-state index contributed by atoms with van der Waals surface area (Å²) in [6.45, 7) is 2.45. The zero-order chi connectivity index (χ0) is 9.97. The van der Waals surface area contributed by atoms with E-state index in [1.807, 2.05) is 25.1 Å². The van der Waals surface area contributed by atoms with Crippen molar-refractivity contribution in [2.24, 2.45) is 10.7 Å². The Morgan fingerprint density at radius 2 is 2.07 bits per heavy atom. The van der Waals surface area contributed by atoms with Gasteiger partial charge in [-0.1, -0.05) is 30.3 Å². The van der Waals surface area contributed by atoms with Gasteiger partial charge in [-0.25, -0.2) is 0 Å². The van der Waals surface area contributed by atoms with Crippen molar-refractivity contribution in [2.45, 2.75) is 19.1 Å². The predicted molar refractivity (Wildman–Crippen MR) is 56.2 cm³/mol. The monoisotopic (exact) mass is 190 g/mol. The molecule has 74 valence electrons. The highest BCUT2D eigenvalue weighted by molar-refractivity contribution is 5.82. The van der Waals surface area contributed by atoms with E-state index < -0.39 is 0 Å². The van der Waals surface area contributed by atoms with Crippen molar-refractivity contribution in [1.29, 1.82) is 0 Å². The fourth-order valence-corrected chi connectivity index (χ4v) is 1.70. The van der Waals surface area contributed by atoms with Gasteiger partial charge in [0.1, 0.15) is 18.5 Å². The molecular weight excluding hydrogens is 176 g/mol. The first kappa shape index (κ1) is 9.21. The number of benzene rings is 1. The molecule has 1 aliphatic rings. The minimum Gasteiger partial charge on any atom is -0.386 e. The van der Waals surface area contributed by atoms with Crippen LogP contribution in [0.5, 0.6) is 0 Å². The number of ether oxygens (including phenoxy) is 1. The number of amidine groups is 1. The van der Waals surface area contributed by atoms with Crippen molar-refractivity contribution >= 4 is 5.84 Å². The first-order valence-electron chi connectivity index (χ1n) is 4.76. The van der Waals surface area contributed by atoms with Gasteiger partial charge in [-0.15, -0.1) is 0 Å². The topological polar surface area (TPSA) is 47.6 Å². The quantitative estimate of drug-likeness (QED) is 0.729. The van der Waals surface area contributed by atoms with Crippen molar-refractivity contribution < 1.29 is 4.74 Å². The summed E-state index contributed by atoms with van der Waals surface area (Å²) in [5, 5.41) is 0. The molecule has 2 atom stereocenters. The fourth-order valence-electron chi connectivity index (χ4n) is 1.70. The first-order valence-corrected chi connectivity index (χ1v) is 4.76. The third kappa shape index (κ3) is 1.77. The van der Waals surface area contributed by atoms with Gasteiger partial charge in [0.15, 0.2) is 0 Å². The molecule has 0 radical (unpaired) electrons. The van der Waals surface area contributed by atoms with Crippen LogP contribution in [-0.2, 0) is 4.74 Å². The van der Waals surface area contributed by atoms with E-state index in [1.54, 1.807) is 0 Å². The molecule has 0 aromatic heterocycles. The lowest BCUT2D eigenvalue weighted by molar-refractivity contribution is 0.0546. The van der Waals surface area contributed by atoms with Gasteiger partial charge in [0, 0.05) is 0 Å². The van der Waals surface area contributed by atoms with E-state index in [0.29, 0.717) is 12.4 Å². The van der Waals surface area contributed by atoms with Crippen LogP contribution in [0.15, 0.2) is 35.3 Å². The maximum absolute atomic E-state index is 5.63. The van der Waals surface area contributed by atoms with Crippen molar-refractivity contribution in [3.8, 4) is 0 Å². The molecule has 1 aromatic rings. The lowest BCUT2D eigenvalue weighted by Crippen LogP contribution is -2.32. The molecule has 0 bridgehead atoms. The largest absolute Gasteiger partial charge is 0.386 e. The van der Waals surface area contributed by atoms with Crippen LogP contribution in [-0.4, -0.2) is 18.5 Å². The van der Waals surface area contributed by atoms with Crippen molar-refractivity contribution in [2.75, 3.05) is 6.61 Å². The summed E-state index contributed by atoms with van der Waals surface area (Å²) in [6, 6.07) is 10.2. The zero-order valence-corrected chi connectivity index (χ0v) is 8.18. The minimum atomic E-state index is 0.0449. The van der Waals surface area contributed by atoms with Crippen molar-refractivity contribution in [3.63, 3.8) is 0 Å². The smallest absolute Gasteiger partial charge is 0.120 e. The van der Waals surface area contributed by atoms with Crippen LogP contribution in [0.25, 0.3) is 0 Å². The normalized spacial score (nSPS) is 27.1. The molecule has 3 nitrogen and oxygen atoms in total. The maximum atomic E-state index is 5.63. The lowest BCUT2D eigenvalue weighted by atomic mass is 10.0. The zero-order valence-electron chi connectivity index (χ0n) is 8.18. The third-order valence-corrected chi connectivity index (χ3v) is 2.35. The molecule has 0 saturated carbocycles. The van der Waals surface area contributed by atoms with Gasteiger partial charge in [0.2, 0.25) is 0 Å². The maximum Gasteiger partial charge on any atom is 0.120 e. The molecule has 3 heteroatoms. The van der Waals surface area contributed by atoms with E-state index >= 15 is 0 Å². The molecule has 0 fully saturated rings. The molecule has 2 rings (SSSR count). The number of hydrogen-bond donors (Lipinski definition) is 1. The predicted octanol–water partition coefficient (Wildman–Crippen LogP) is 1.50. The van der Waals surface area contributed by atoms with Crippen LogP contribution in [0.2, 0.25) is 0 Å². The van der Waals surface area contributed by atoms with Crippen LogP contribution in [0.1, 0.15) is 18.6 Å². The van der Waals surface area contributed by atoms with E-state index in [-0.39, 0.29) is 12.1 Å². The molecule has 1 aliphatic heterocycles. The third-order valence-electron chi connectivity index (χ3n) is 2.35. The first-order chi connectivity index (χ1) is 6.77. The molecule has 1 aromatic carbocycles. The Kier molecular flexibility index (Phi) is 2.50. The van der Waals surface area contributed by atoms with Crippen LogP contribution in [0.3, 0.4) is 0 Å². The van der Waals surface area contributed by atoms with Gasteiger partial charge in [-0.2, -0.15) is 0 Å². The van der Waals surface area contributed by atoms with Crippen LogP contribution >= 0.6 is 0 Å². The van der Waals surface area contributed by atoms with Gasteiger partial charge < -0.3 is 10.5 Å². The molecule has 0 saturated heterocycles. The van der Waals surface area contributed by atoms with E-state index in [0.717, 1.165) is 5.56 Å². The standard InChI is InChI=1S/C11H14N2O/c1-8-11(14-7-10(12)13-8)9-5-3-2-4-6-9/h2-6,8,11H,7H2,1H3,(H2,12,13). The van der Waals surface area contributed by atoms with Gasteiger partial charge in [-0.3, -0.25) is 4.99 Å². The number of aliphatic imine (C=N–C) groups is 1. The summed E-state index contributed by atoms with van der Waals surface area (Å²) in [6.07, 6.45) is 0.0449. The molecule has 14 heavy (non-hydrogen) atoms. The molecule has 1 heterocycles. The second kappa shape index (κ2) is 3.80. The van der Waals surface area contributed by atoms with Crippen molar-refractivity contribution in [3.05, 3.63) is 35.9 Å². The van der Waals surface area contributed by atoms with Gasteiger partial charge in [0.05, 0.1) is 6.04 Å². The molecule has 0 aliphatic carbocycles. The van der Waals surface area contributed by atoms with Crippen molar-refractivity contribution in [1.82, 2.24) is 0 Å². The van der Waals surface area contributed by atoms with Gasteiger partial charge in [-0.05, 0) is 12.5 Å². The van der Waals surface area contributed by atoms with Crippen LogP contribution < -0.4 is 5.73 Å². The Bertz CT molecular complexity index is 334. The van der Waals surface area contributed by atoms with Gasteiger partial charge in [0.25, 0.3) is 0 Å². The average molecular weight is 190 g/mol. The summed E-state index contributed by atoms with van der Waals surface area (Å²) in [5.74, 6) is 0.588. The summed E-state index contributed by atoms with van der Waals surface area (Å²) in [4.78, 5) is 4.31. The highest BCUT2D eigenvalue weighted by Gasteiger charge is 2.23. The van der Waals surface area contributed by atoms with E-state index in [1.165, 1.54) is 0 Å². The Balaban J connectivity index is 2.21. The van der Waals surface area contributed by atoms with E-state index in [2.05, 4.69) is 17.1 Å². The molecule has 2 unspecified atom stereocenters. The summed E-state index contributed by atoms with van der Waals surface area (Å²) >= 11 is 0. The van der Waals surface area contributed by atoms with E-state index in [4.69, 9.17) is 10.5 Å². The Hall–Kier alpha value is -1.35. The number of nitrogens with two attached hydrogens (primary N) is 1. The summed E-state index contributed by atoms with van der Waals surface area (Å²) < 4.78 is 5.63. The van der Waals surface area contributed by atoms with E-state index in [9.17, 15) is 0 Å². The Morgan fingerprint density at radius 3 is 2.71 bits per heavy atom. The number of rotatable bonds is 1. The highest BCUT2D eigenvalue weighted by atomic mass is 16.5. The fraction of sp³-hybridized carbons (Fsp3) is 0.364. The molecular formula is C11H14N2O.